The fourth-order valence-electron chi connectivity index (χ4n) is 1.13. The van der Waals surface area contributed by atoms with Crippen LogP contribution in [0.15, 0.2) is 30.8 Å². The van der Waals surface area contributed by atoms with Crippen molar-refractivity contribution in [3.63, 3.8) is 0 Å². The first-order chi connectivity index (χ1) is 6.22. The van der Waals surface area contributed by atoms with Crippen molar-refractivity contribution in [1.82, 2.24) is 0 Å². The zero-order valence-corrected chi connectivity index (χ0v) is 7.36. The van der Waals surface area contributed by atoms with Crippen molar-refractivity contribution in [2.24, 2.45) is 0 Å². The molecule has 68 valence electrons. The summed E-state index contributed by atoms with van der Waals surface area (Å²) in [5, 5.41) is 8.48. The van der Waals surface area contributed by atoms with Gasteiger partial charge in [0.25, 0.3) is 0 Å². The van der Waals surface area contributed by atoms with Gasteiger partial charge in [0.1, 0.15) is 0 Å². The lowest BCUT2D eigenvalue weighted by Crippen LogP contribution is -1.97. The molecule has 0 aliphatic carbocycles. The summed E-state index contributed by atoms with van der Waals surface area (Å²) in [6.07, 6.45) is 2.52. The molecule has 0 aliphatic rings. The van der Waals surface area contributed by atoms with Crippen molar-refractivity contribution in [3.05, 3.63) is 42.0 Å². The lowest BCUT2D eigenvalue weighted by Gasteiger charge is -1.99. The Kier molecular flexibility index (Phi) is 3.26. The van der Waals surface area contributed by atoms with E-state index in [4.69, 9.17) is 5.11 Å². The number of rotatable bonds is 4. The predicted molar refractivity (Wildman–Crippen MR) is 52.5 cm³/mol. The first-order valence-electron chi connectivity index (χ1n) is 4.15. The van der Waals surface area contributed by atoms with Crippen LogP contribution in [-0.4, -0.2) is 11.1 Å². The number of aliphatic carboxylic acids is 1. The number of carboxylic acids is 1. The molecule has 0 heterocycles. The molecular formula is C11H12O2. The van der Waals surface area contributed by atoms with E-state index in [1.165, 1.54) is 0 Å². The first kappa shape index (κ1) is 9.52. The maximum Gasteiger partial charge on any atom is 0.303 e. The monoisotopic (exact) mass is 176 g/mol. The van der Waals surface area contributed by atoms with E-state index in [-0.39, 0.29) is 6.42 Å². The third kappa shape index (κ3) is 3.11. The normalized spacial score (nSPS) is 9.54. The average molecular weight is 176 g/mol. The molecule has 0 amide bonds. The van der Waals surface area contributed by atoms with Crippen molar-refractivity contribution < 1.29 is 9.90 Å². The maximum atomic E-state index is 10.3. The van der Waals surface area contributed by atoms with Crippen LogP contribution in [0.1, 0.15) is 17.5 Å². The van der Waals surface area contributed by atoms with Crippen LogP contribution in [0.25, 0.3) is 6.08 Å². The summed E-state index contributed by atoms with van der Waals surface area (Å²) in [6.45, 7) is 3.65. The Hall–Kier alpha value is -1.57. The fourth-order valence-corrected chi connectivity index (χ4v) is 1.13. The number of hydrogen-bond acceptors (Lipinski definition) is 1. The summed E-state index contributed by atoms with van der Waals surface area (Å²) in [7, 11) is 0. The number of carbonyl (C=O) groups is 1. The van der Waals surface area contributed by atoms with Gasteiger partial charge < -0.3 is 5.11 Å². The highest BCUT2D eigenvalue weighted by Crippen LogP contribution is 2.08. The van der Waals surface area contributed by atoms with Gasteiger partial charge in [0, 0.05) is 6.42 Å². The van der Waals surface area contributed by atoms with Crippen LogP contribution in [-0.2, 0) is 11.2 Å². The molecule has 0 radical (unpaired) electrons. The van der Waals surface area contributed by atoms with Gasteiger partial charge in [-0.3, -0.25) is 4.79 Å². The highest BCUT2D eigenvalue weighted by atomic mass is 16.4. The van der Waals surface area contributed by atoms with E-state index < -0.39 is 5.97 Å². The molecule has 0 bridgehead atoms. The molecule has 2 heteroatoms. The molecule has 0 unspecified atom stereocenters. The molecule has 1 aromatic carbocycles. The number of aryl methyl sites for hydroxylation is 1. The SMILES string of the molecule is C=Cc1cccc(CCC(=O)O)c1. The summed E-state index contributed by atoms with van der Waals surface area (Å²) in [5.74, 6) is -0.760. The van der Waals surface area contributed by atoms with Crippen molar-refractivity contribution in [2.75, 3.05) is 0 Å². The smallest absolute Gasteiger partial charge is 0.303 e. The standard InChI is InChI=1S/C11H12O2/c1-2-9-4-3-5-10(8-9)6-7-11(12)13/h2-5,8H,1,6-7H2,(H,12,13). The van der Waals surface area contributed by atoms with Gasteiger partial charge in [0.2, 0.25) is 0 Å². The summed E-state index contributed by atoms with van der Waals surface area (Å²) in [4.78, 5) is 10.3. The largest absolute Gasteiger partial charge is 0.481 e. The Morgan fingerprint density at radius 3 is 2.92 bits per heavy atom. The fraction of sp³-hybridized carbons (Fsp3) is 0.182. The van der Waals surface area contributed by atoms with Gasteiger partial charge in [-0.15, -0.1) is 0 Å². The molecule has 0 saturated heterocycles. The van der Waals surface area contributed by atoms with Gasteiger partial charge in [-0.25, -0.2) is 0 Å². The van der Waals surface area contributed by atoms with E-state index in [1.54, 1.807) is 6.08 Å². The Morgan fingerprint density at radius 2 is 2.31 bits per heavy atom. The van der Waals surface area contributed by atoms with Crippen LogP contribution in [0.4, 0.5) is 0 Å². The predicted octanol–water partition coefficient (Wildman–Crippen LogP) is 2.35. The number of hydrogen-bond donors (Lipinski definition) is 1. The molecular weight excluding hydrogens is 164 g/mol. The minimum Gasteiger partial charge on any atom is -0.481 e. The summed E-state index contributed by atoms with van der Waals surface area (Å²) < 4.78 is 0. The molecule has 0 spiro atoms. The van der Waals surface area contributed by atoms with Crippen LogP contribution in [0.2, 0.25) is 0 Å². The third-order valence-electron chi connectivity index (χ3n) is 1.81. The Labute approximate surface area is 77.5 Å². The zero-order valence-electron chi connectivity index (χ0n) is 7.36. The van der Waals surface area contributed by atoms with E-state index in [2.05, 4.69) is 6.58 Å². The van der Waals surface area contributed by atoms with Gasteiger partial charge in [-0.05, 0) is 17.5 Å². The topological polar surface area (TPSA) is 37.3 Å². The number of benzene rings is 1. The molecule has 0 saturated carbocycles. The van der Waals surface area contributed by atoms with Crippen LogP contribution in [0, 0.1) is 0 Å². The van der Waals surface area contributed by atoms with E-state index in [0.29, 0.717) is 6.42 Å². The Bertz CT molecular complexity index is 316. The second kappa shape index (κ2) is 4.45. The Balaban J connectivity index is 2.66. The molecule has 1 aromatic rings. The average Bonchev–Trinajstić information content (AvgIpc) is 2.15. The summed E-state index contributed by atoms with van der Waals surface area (Å²) in [6, 6.07) is 7.73. The van der Waals surface area contributed by atoms with Crippen molar-refractivity contribution in [1.29, 1.82) is 0 Å². The summed E-state index contributed by atoms with van der Waals surface area (Å²) >= 11 is 0. The first-order valence-corrected chi connectivity index (χ1v) is 4.15. The van der Waals surface area contributed by atoms with E-state index in [0.717, 1.165) is 11.1 Å². The Morgan fingerprint density at radius 1 is 1.54 bits per heavy atom. The molecule has 13 heavy (non-hydrogen) atoms. The second-order valence-corrected chi connectivity index (χ2v) is 2.84. The van der Waals surface area contributed by atoms with E-state index in [9.17, 15) is 4.79 Å². The van der Waals surface area contributed by atoms with Crippen LogP contribution < -0.4 is 0 Å². The second-order valence-electron chi connectivity index (χ2n) is 2.84. The molecule has 0 aliphatic heterocycles. The van der Waals surface area contributed by atoms with Crippen LogP contribution in [0.3, 0.4) is 0 Å². The molecule has 2 nitrogen and oxygen atoms in total. The lowest BCUT2D eigenvalue weighted by atomic mass is 10.1. The summed E-state index contributed by atoms with van der Waals surface area (Å²) in [5.41, 5.74) is 2.07. The van der Waals surface area contributed by atoms with Gasteiger partial charge in [0.15, 0.2) is 0 Å². The van der Waals surface area contributed by atoms with Crippen molar-refractivity contribution >= 4 is 12.0 Å². The minimum absolute atomic E-state index is 0.181. The van der Waals surface area contributed by atoms with Crippen molar-refractivity contribution in [3.8, 4) is 0 Å². The highest BCUT2D eigenvalue weighted by Gasteiger charge is 1.98. The molecule has 1 N–H and O–H groups in total. The zero-order chi connectivity index (χ0) is 9.68. The van der Waals surface area contributed by atoms with Crippen LogP contribution in [0.5, 0.6) is 0 Å². The highest BCUT2D eigenvalue weighted by molar-refractivity contribution is 5.67. The van der Waals surface area contributed by atoms with Gasteiger partial charge >= 0.3 is 5.97 Å². The molecule has 0 fully saturated rings. The maximum absolute atomic E-state index is 10.3. The van der Waals surface area contributed by atoms with Gasteiger partial charge in [-0.1, -0.05) is 36.9 Å². The quantitative estimate of drug-likeness (QED) is 0.764. The van der Waals surface area contributed by atoms with Gasteiger partial charge in [0.05, 0.1) is 0 Å². The molecule has 0 atom stereocenters. The molecule has 1 rings (SSSR count). The van der Waals surface area contributed by atoms with Crippen molar-refractivity contribution in [2.45, 2.75) is 12.8 Å². The lowest BCUT2D eigenvalue weighted by molar-refractivity contribution is -0.136. The molecule has 0 aromatic heterocycles. The van der Waals surface area contributed by atoms with Crippen LogP contribution >= 0.6 is 0 Å². The van der Waals surface area contributed by atoms with E-state index in [1.807, 2.05) is 24.3 Å². The van der Waals surface area contributed by atoms with Gasteiger partial charge in [-0.2, -0.15) is 0 Å². The third-order valence-corrected chi connectivity index (χ3v) is 1.81. The minimum atomic E-state index is -0.760. The van der Waals surface area contributed by atoms with E-state index >= 15 is 0 Å². The number of carboxylic acid groups (broad SMARTS) is 1.